The lowest BCUT2D eigenvalue weighted by Gasteiger charge is -2.23. The minimum atomic E-state index is 0.193. The SMILES string of the molecule is CC(C)(C)CCNC(=O)[C@@H]1CCCNC1. The van der Waals surface area contributed by atoms with Crippen LogP contribution in [0.2, 0.25) is 0 Å². The predicted molar refractivity (Wildman–Crippen MR) is 62.7 cm³/mol. The zero-order valence-electron chi connectivity index (χ0n) is 10.2. The largest absolute Gasteiger partial charge is 0.356 e. The second kappa shape index (κ2) is 5.50. The molecule has 1 atom stereocenters. The summed E-state index contributed by atoms with van der Waals surface area (Å²) in [5.41, 5.74) is 0.304. The molecule has 15 heavy (non-hydrogen) atoms. The lowest BCUT2D eigenvalue weighted by atomic mass is 9.92. The monoisotopic (exact) mass is 212 g/mol. The summed E-state index contributed by atoms with van der Waals surface area (Å²) in [7, 11) is 0. The third-order valence-corrected chi connectivity index (χ3v) is 2.84. The van der Waals surface area contributed by atoms with Crippen LogP contribution in [0.3, 0.4) is 0 Å². The molecule has 1 amide bonds. The van der Waals surface area contributed by atoms with Crippen LogP contribution in [0.15, 0.2) is 0 Å². The zero-order chi connectivity index (χ0) is 11.3. The minimum Gasteiger partial charge on any atom is -0.356 e. The quantitative estimate of drug-likeness (QED) is 0.745. The molecule has 1 aliphatic heterocycles. The van der Waals surface area contributed by atoms with Crippen LogP contribution in [-0.4, -0.2) is 25.5 Å². The van der Waals surface area contributed by atoms with E-state index in [1.165, 1.54) is 0 Å². The number of carbonyl (C=O) groups is 1. The first-order chi connectivity index (χ1) is 6.99. The Kier molecular flexibility index (Phi) is 4.58. The summed E-state index contributed by atoms with van der Waals surface area (Å²) in [5, 5.41) is 6.29. The van der Waals surface area contributed by atoms with Gasteiger partial charge in [0.1, 0.15) is 0 Å². The second-order valence-electron chi connectivity index (χ2n) is 5.64. The Hall–Kier alpha value is -0.570. The van der Waals surface area contributed by atoms with Crippen molar-refractivity contribution in [2.45, 2.75) is 40.0 Å². The third-order valence-electron chi connectivity index (χ3n) is 2.84. The molecule has 0 spiro atoms. The van der Waals surface area contributed by atoms with E-state index in [2.05, 4.69) is 31.4 Å². The van der Waals surface area contributed by atoms with Crippen molar-refractivity contribution in [1.82, 2.24) is 10.6 Å². The fourth-order valence-corrected chi connectivity index (χ4v) is 1.78. The molecule has 0 unspecified atom stereocenters. The third kappa shape index (κ3) is 5.17. The van der Waals surface area contributed by atoms with Gasteiger partial charge in [0.15, 0.2) is 0 Å². The van der Waals surface area contributed by atoms with Crippen LogP contribution in [0.1, 0.15) is 40.0 Å². The van der Waals surface area contributed by atoms with Crippen molar-refractivity contribution in [3.05, 3.63) is 0 Å². The lowest BCUT2D eigenvalue weighted by Crippen LogP contribution is -2.41. The van der Waals surface area contributed by atoms with Gasteiger partial charge in [-0.15, -0.1) is 0 Å². The minimum absolute atomic E-state index is 0.193. The molecule has 0 aromatic carbocycles. The number of carbonyl (C=O) groups excluding carboxylic acids is 1. The normalized spacial score (nSPS) is 22.5. The van der Waals surface area contributed by atoms with Crippen molar-refractivity contribution in [2.75, 3.05) is 19.6 Å². The number of piperidine rings is 1. The van der Waals surface area contributed by atoms with Gasteiger partial charge in [0, 0.05) is 13.1 Å². The van der Waals surface area contributed by atoms with Crippen molar-refractivity contribution in [1.29, 1.82) is 0 Å². The van der Waals surface area contributed by atoms with Gasteiger partial charge in [-0.2, -0.15) is 0 Å². The molecule has 0 radical (unpaired) electrons. The van der Waals surface area contributed by atoms with Gasteiger partial charge in [0.2, 0.25) is 5.91 Å². The molecule has 1 rings (SSSR count). The highest BCUT2D eigenvalue weighted by Crippen LogP contribution is 2.17. The zero-order valence-corrected chi connectivity index (χ0v) is 10.2. The smallest absolute Gasteiger partial charge is 0.224 e. The first-order valence-electron chi connectivity index (χ1n) is 5.97. The van der Waals surface area contributed by atoms with Crippen LogP contribution in [0.4, 0.5) is 0 Å². The van der Waals surface area contributed by atoms with Gasteiger partial charge in [0.05, 0.1) is 5.92 Å². The Bertz CT molecular complexity index is 202. The molecule has 1 saturated heterocycles. The lowest BCUT2D eigenvalue weighted by molar-refractivity contribution is -0.125. The van der Waals surface area contributed by atoms with E-state index in [1.54, 1.807) is 0 Å². The Morgan fingerprint density at radius 3 is 2.73 bits per heavy atom. The van der Waals surface area contributed by atoms with E-state index < -0.39 is 0 Å². The van der Waals surface area contributed by atoms with Gasteiger partial charge in [0.25, 0.3) is 0 Å². The Balaban J connectivity index is 2.17. The average Bonchev–Trinajstić information content (AvgIpc) is 2.17. The number of nitrogens with one attached hydrogen (secondary N) is 2. The number of rotatable bonds is 3. The molecule has 1 fully saturated rings. The van der Waals surface area contributed by atoms with Crippen molar-refractivity contribution in [3.63, 3.8) is 0 Å². The van der Waals surface area contributed by atoms with E-state index in [0.29, 0.717) is 5.41 Å². The summed E-state index contributed by atoms with van der Waals surface area (Å²) in [6.45, 7) is 9.30. The first kappa shape index (κ1) is 12.5. The molecule has 0 aromatic rings. The summed E-state index contributed by atoms with van der Waals surface area (Å²) >= 11 is 0. The second-order valence-corrected chi connectivity index (χ2v) is 5.64. The maximum absolute atomic E-state index is 11.7. The summed E-state index contributed by atoms with van der Waals surface area (Å²) in [5.74, 6) is 0.421. The highest BCUT2D eigenvalue weighted by Gasteiger charge is 2.20. The number of hydrogen-bond donors (Lipinski definition) is 2. The Labute approximate surface area is 93.0 Å². The van der Waals surface area contributed by atoms with Crippen LogP contribution in [0.25, 0.3) is 0 Å². The molecule has 3 heteroatoms. The Morgan fingerprint density at radius 1 is 1.47 bits per heavy atom. The summed E-state index contributed by atoms with van der Waals surface area (Å²) in [4.78, 5) is 11.7. The molecule has 2 N–H and O–H groups in total. The first-order valence-corrected chi connectivity index (χ1v) is 5.97. The standard InChI is InChI=1S/C12H24N2O/c1-12(2,3)6-8-14-11(15)10-5-4-7-13-9-10/h10,13H,4-9H2,1-3H3,(H,14,15)/t10-/m1/s1. The molecule has 1 aliphatic rings. The van der Waals surface area contributed by atoms with Gasteiger partial charge in [-0.05, 0) is 31.2 Å². The topological polar surface area (TPSA) is 41.1 Å². The van der Waals surface area contributed by atoms with E-state index in [9.17, 15) is 4.79 Å². The maximum atomic E-state index is 11.7. The molecule has 1 heterocycles. The molecule has 0 aromatic heterocycles. The summed E-state index contributed by atoms with van der Waals surface area (Å²) < 4.78 is 0. The van der Waals surface area contributed by atoms with E-state index in [4.69, 9.17) is 0 Å². The summed E-state index contributed by atoms with van der Waals surface area (Å²) in [6, 6.07) is 0. The van der Waals surface area contributed by atoms with Crippen molar-refractivity contribution in [2.24, 2.45) is 11.3 Å². The van der Waals surface area contributed by atoms with Gasteiger partial charge in [-0.1, -0.05) is 20.8 Å². The van der Waals surface area contributed by atoms with Crippen LogP contribution >= 0.6 is 0 Å². The van der Waals surface area contributed by atoms with E-state index in [1.807, 2.05) is 0 Å². The van der Waals surface area contributed by atoms with Crippen molar-refractivity contribution < 1.29 is 4.79 Å². The van der Waals surface area contributed by atoms with Gasteiger partial charge < -0.3 is 10.6 Å². The molecular formula is C12H24N2O. The van der Waals surface area contributed by atoms with Crippen LogP contribution < -0.4 is 10.6 Å². The predicted octanol–water partition coefficient (Wildman–Crippen LogP) is 1.54. The Morgan fingerprint density at radius 2 is 2.20 bits per heavy atom. The molecule has 3 nitrogen and oxygen atoms in total. The van der Waals surface area contributed by atoms with Gasteiger partial charge in [-0.3, -0.25) is 4.79 Å². The maximum Gasteiger partial charge on any atom is 0.224 e. The fraction of sp³-hybridized carbons (Fsp3) is 0.917. The average molecular weight is 212 g/mol. The van der Waals surface area contributed by atoms with E-state index in [0.717, 1.165) is 38.9 Å². The highest BCUT2D eigenvalue weighted by atomic mass is 16.1. The van der Waals surface area contributed by atoms with E-state index in [-0.39, 0.29) is 11.8 Å². The van der Waals surface area contributed by atoms with Crippen molar-refractivity contribution in [3.8, 4) is 0 Å². The van der Waals surface area contributed by atoms with Crippen LogP contribution in [0, 0.1) is 11.3 Å². The van der Waals surface area contributed by atoms with Gasteiger partial charge in [-0.25, -0.2) is 0 Å². The molecular weight excluding hydrogens is 188 g/mol. The van der Waals surface area contributed by atoms with E-state index >= 15 is 0 Å². The number of amides is 1. The molecule has 0 bridgehead atoms. The highest BCUT2D eigenvalue weighted by molar-refractivity contribution is 5.78. The van der Waals surface area contributed by atoms with Crippen molar-refractivity contribution >= 4 is 5.91 Å². The summed E-state index contributed by atoms with van der Waals surface area (Å²) in [6.07, 6.45) is 3.20. The molecule has 0 aliphatic carbocycles. The van der Waals surface area contributed by atoms with Gasteiger partial charge >= 0.3 is 0 Å². The van der Waals surface area contributed by atoms with Crippen LogP contribution in [0.5, 0.6) is 0 Å². The number of hydrogen-bond acceptors (Lipinski definition) is 2. The fourth-order valence-electron chi connectivity index (χ4n) is 1.78. The molecule has 88 valence electrons. The molecule has 0 saturated carbocycles. The van der Waals surface area contributed by atoms with Crippen LogP contribution in [-0.2, 0) is 4.79 Å².